The molecule has 0 unspecified atom stereocenters. The molecule has 48 heavy (non-hydrogen) atoms. The maximum atomic E-state index is 13.0. The van der Waals surface area contributed by atoms with Crippen molar-refractivity contribution in [2.45, 2.75) is 99.4 Å². The molecule has 0 radical (unpaired) electrons. The highest BCUT2D eigenvalue weighted by molar-refractivity contribution is 5.87. The molecule has 0 amide bonds. The average Bonchev–Trinajstić information content (AvgIpc) is 3.75. The Morgan fingerprint density at radius 1 is 0.875 bits per heavy atom. The minimum absolute atomic E-state index is 0.496. The molecule has 0 aromatic heterocycles. The molecule has 4 aliphatic heterocycles. The van der Waals surface area contributed by atoms with E-state index in [4.69, 9.17) is 37.9 Å². The van der Waals surface area contributed by atoms with Gasteiger partial charge in [0.25, 0.3) is 0 Å². The van der Waals surface area contributed by atoms with Crippen LogP contribution in [0.5, 0.6) is 0 Å². The molecule has 264 valence electrons. The molecule has 6 N–H and O–H groups in total. The Labute approximate surface area is 275 Å². The number of fused-ring (bicyclic) bond motifs is 3. The zero-order chi connectivity index (χ0) is 34.3. The normalized spacial score (nSPS) is 44.8. The van der Waals surface area contributed by atoms with E-state index in [9.17, 15) is 40.2 Å². The Hall–Kier alpha value is -3.00. The Bertz CT molecular complexity index is 1350. The number of hydrogen-bond donors (Lipinski definition) is 6. The molecule has 16 nitrogen and oxygen atoms in total. The second-order valence-electron chi connectivity index (χ2n) is 12.4. The fraction of sp³-hybridized carbons (Fsp3) is 0.625. The molecular weight excluding hydrogens is 640 g/mol. The highest BCUT2D eigenvalue weighted by Crippen LogP contribution is 2.61. The van der Waals surface area contributed by atoms with Crippen molar-refractivity contribution in [2.24, 2.45) is 11.8 Å². The molecule has 1 aromatic rings. The van der Waals surface area contributed by atoms with Crippen molar-refractivity contribution in [2.75, 3.05) is 13.2 Å². The van der Waals surface area contributed by atoms with E-state index in [2.05, 4.69) is 0 Å². The van der Waals surface area contributed by atoms with Crippen molar-refractivity contribution < 1.29 is 78.1 Å². The summed E-state index contributed by atoms with van der Waals surface area (Å²) in [4.78, 5) is 25.1. The minimum atomic E-state index is -1.71. The molecule has 0 spiro atoms. The summed E-state index contributed by atoms with van der Waals surface area (Å²) in [5, 5.41) is 62.0. The summed E-state index contributed by atoms with van der Waals surface area (Å²) < 4.78 is 46.6. The van der Waals surface area contributed by atoms with E-state index in [0.29, 0.717) is 0 Å². The third-order valence-electron chi connectivity index (χ3n) is 9.41. The van der Waals surface area contributed by atoms with Gasteiger partial charge in [-0.2, -0.15) is 0 Å². The maximum absolute atomic E-state index is 13.0. The first-order valence-corrected chi connectivity index (χ1v) is 15.7. The van der Waals surface area contributed by atoms with Crippen LogP contribution >= 0.6 is 0 Å². The number of rotatable bonds is 10. The predicted octanol–water partition coefficient (Wildman–Crippen LogP) is -1.90. The van der Waals surface area contributed by atoms with E-state index in [1.807, 2.05) is 6.07 Å². The zero-order valence-electron chi connectivity index (χ0n) is 26.0. The number of benzene rings is 1. The van der Waals surface area contributed by atoms with Crippen LogP contribution in [0.2, 0.25) is 0 Å². The molecule has 3 saturated heterocycles. The summed E-state index contributed by atoms with van der Waals surface area (Å²) in [6, 6.07) is 8.97. The molecular formula is C32H40O16. The lowest BCUT2D eigenvalue weighted by atomic mass is 9.85. The van der Waals surface area contributed by atoms with E-state index in [-0.39, 0.29) is 0 Å². The van der Waals surface area contributed by atoms with Crippen molar-refractivity contribution in [1.29, 1.82) is 0 Å². The van der Waals surface area contributed by atoms with Gasteiger partial charge in [0, 0.05) is 18.9 Å². The molecule has 1 aliphatic carbocycles. The van der Waals surface area contributed by atoms with Crippen LogP contribution in [-0.4, -0.2) is 141 Å². The number of hydrogen-bond acceptors (Lipinski definition) is 16. The average molecular weight is 681 g/mol. The Morgan fingerprint density at radius 3 is 2.31 bits per heavy atom. The van der Waals surface area contributed by atoms with Gasteiger partial charge in [-0.15, -0.1) is 0 Å². The van der Waals surface area contributed by atoms with Crippen LogP contribution in [0.4, 0.5) is 0 Å². The number of aliphatic hydroxyl groups excluding tert-OH is 6. The monoisotopic (exact) mass is 680 g/mol. The number of aliphatic hydroxyl groups is 6. The van der Waals surface area contributed by atoms with Gasteiger partial charge < -0.3 is 68.5 Å². The first-order valence-electron chi connectivity index (χ1n) is 15.7. The lowest BCUT2D eigenvalue weighted by Crippen LogP contribution is -2.61. The molecule has 4 heterocycles. The highest BCUT2D eigenvalue weighted by Gasteiger charge is 2.77. The van der Waals surface area contributed by atoms with Crippen LogP contribution in [0, 0.1) is 11.8 Å². The second-order valence-corrected chi connectivity index (χ2v) is 12.4. The van der Waals surface area contributed by atoms with Crippen LogP contribution in [0.15, 0.2) is 48.7 Å². The van der Waals surface area contributed by atoms with Crippen LogP contribution in [0.25, 0.3) is 6.08 Å². The van der Waals surface area contributed by atoms with Crippen molar-refractivity contribution in [3.8, 4) is 0 Å². The molecule has 6 rings (SSSR count). The molecule has 1 saturated carbocycles. The summed E-state index contributed by atoms with van der Waals surface area (Å²) in [7, 11) is 0. The van der Waals surface area contributed by atoms with Crippen molar-refractivity contribution in [3.05, 3.63) is 54.3 Å². The van der Waals surface area contributed by atoms with Gasteiger partial charge in [-0.05, 0) is 24.6 Å². The van der Waals surface area contributed by atoms with E-state index in [1.54, 1.807) is 30.3 Å². The fourth-order valence-electron chi connectivity index (χ4n) is 6.91. The van der Waals surface area contributed by atoms with Crippen molar-refractivity contribution in [1.82, 2.24) is 0 Å². The number of epoxide rings is 1. The van der Waals surface area contributed by atoms with Crippen LogP contribution in [0.1, 0.15) is 19.4 Å². The third-order valence-corrected chi connectivity index (χ3v) is 9.41. The van der Waals surface area contributed by atoms with E-state index < -0.39 is 122 Å². The largest absolute Gasteiger partial charge is 0.472 e. The second kappa shape index (κ2) is 14.1. The molecule has 16 atom stereocenters. The zero-order valence-corrected chi connectivity index (χ0v) is 26.0. The Morgan fingerprint density at radius 2 is 1.62 bits per heavy atom. The topological polar surface area (TPSA) is 233 Å². The van der Waals surface area contributed by atoms with E-state index in [1.165, 1.54) is 25.3 Å². The van der Waals surface area contributed by atoms with Gasteiger partial charge in [0.2, 0.25) is 6.29 Å². The third kappa shape index (κ3) is 6.50. The Balaban J connectivity index is 1.23. The number of esters is 2. The highest BCUT2D eigenvalue weighted by atomic mass is 16.8. The van der Waals surface area contributed by atoms with Crippen LogP contribution in [0.3, 0.4) is 0 Å². The Kier molecular flexibility index (Phi) is 10.2. The minimum Gasteiger partial charge on any atom is -0.472 e. The van der Waals surface area contributed by atoms with E-state index in [0.717, 1.165) is 12.5 Å². The summed E-state index contributed by atoms with van der Waals surface area (Å²) >= 11 is 0. The van der Waals surface area contributed by atoms with Gasteiger partial charge >= 0.3 is 11.9 Å². The van der Waals surface area contributed by atoms with Gasteiger partial charge in [-0.25, -0.2) is 4.79 Å². The lowest BCUT2D eigenvalue weighted by molar-refractivity contribution is -0.347. The molecule has 16 heteroatoms. The summed E-state index contributed by atoms with van der Waals surface area (Å²) in [6.07, 6.45) is -11.4. The number of carbonyl (C=O) groups is 2. The van der Waals surface area contributed by atoms with Gasteiger partial charge in [0.05, 0.1) is 37.6 Å². The summed E-state index contributed by atoms with van der Waals surface area (Å²) in [5.41, 5.74) is -0.527. The summed E-state index contributed by atoms with van der Waals surface area (Å²) in [6.45, 7) is 1.52. The van der Waals surface area contributed by atoms with Gasteiger partial charge in [0.1, 0.15) is 42.2 Å². The fourth-order valence-corrected chi connectivity index (χ4v) is 6.91. The molecule has 0 bridgehead atoms. The first kappa shape index (κ1) is 34.8. The van der Waals surface area contributed by atoms with Crippen molar-refractivity contribution in [3.63, 3.8) is 0 Å². The standard InChI is InChI=1S/C32H40O16/c1-14-21(37)26(43-15(2)35)27(45-19(36)9-8-16-6-4-3-5-7-16)31(42-14)46-25-17-10-11-41-29(20(17)32(13-34)28(25)48-32)47-30-24(40)23(39)22(38)18(12-33)44-30/h3-11,14,17-18,20-31,33-34,37-40H,12-13H2,1-2H3/b9-8+/t14-,17-,18+,20+,21-,22+,23-,24+,25-,26+,27+,28-,29-,30-,31-,32+/m0/s1. The first-order chi connectivity index (χ1) is 23.0. The number of ether oxygens (including phenoxy) is 8. The summed E-state index contributed by atoms with van der Waals surface area (Å²) in [5.74, 6) is -2.93. The SMILES string of the molecule is CC(=O)O[C@@H]1[C@@H](O)[C@H](C)O[C@@H](O[C@H]2[C@H]3C=CO[C@@H](O[C@@H]4O[C@H](CO)[C@@H](O)[C@H](O)[C@H]4O)[C@@H]3[C@@]3(CO)O[C@@H]23)[C@@H]1OC(=O)/C=C/c1ccccc1. The number of carbonyl (C=O) groups excluding carboxylic acids is 2. The maximum Gasteiger partial charge on any atom is 0.331 e. The van der Waals surface area contributed by atoms with Gasteiger partial charge in [-0.3, -0.25) is 4.79 Å². The quantitative estimate of drug-likeness (QED) is 0.0900. The lowest BCUT2D eigenvalue weighted by Gasteiger charge is -2.44. The van der Waals surface area contributed by atoms with Crippen LogP contribution in [-0.2, 0) is 47.5 Å². The smallest absolute Gasteiger partial charge is 0.331 e. The predicted molar refractivity (Wildman–Crippen MR) is 157 cm³/mol. The van der Waals surface area contributed by atoms with Crippen molar-refractivity contribution >= 4 is 18.0 Å². The molecule has 1 aromatic carbocycles. The van der Waals surface area contributed by atoms with E-state index >= 15 is 0 Å². The molecule has 4 fully saturated rings. The van der Waals surface area contributed by atoms with Crippen LogP contribution < -0.4 is 0 Å². The molecule has 5 aliphatic rings. The van der Waals surface area contributed by atoms with Gasteiger partial charge in [0.15, 0.2) is 24.8 Å². The van der Waals surface area contributed by atoms with Gasteiger partial charge in [-0.1, -0.05) is 30.3 Å².